The Morgan fingerprint density at radius 2 is 1.72 bits per heavy atom. The van der Waals surface area contributed by atoms with Gasteiger partial charge in [-0.25, -0.2) is 4.98 Å². The number of methoxy groups -OCH3 is 1. The molecule has 0 bridgehead atoms. The number of rotatable bonds is 14. The maximum Gasteiger partial charge on any atom is 0.255 e. The Labute approximate surface area is 355 Å². The summed E-state index contributed by atoms with van der Waals surface area (Å²) in [6.07, 6.45) is 7.21. The molecular weight excluding hydrogens is 803 g/mol. The first-order chi connectivity index (χ1) is 28.9. The van der Waals surface area contributed by atoms with Gasteiger partial charge in [0.05, 0.1) is 37.8 Å². The quantitative estimate of drug-likeness (QED) is 0.0739. The summed E-state index contributed by atoms with van der Waals surface area (Å²) in [7, 11) is -0.877. The van der Waals surface area contributed by atoms with Crippen LogP contribution in [-0.2, 0) is 33.7 Å². The van der Waals surface area contributed by atoms with E-state index in [4.69, 9.17) is 21.1 Å². The summed E-state index contributed by atoms with van der Waals surface area (Å²) in [5, 5.41) is 10.0. The standard InChI is InChI=1S/C44H52ClN8O6P/c1-58-38-24-29-26-52(21-15-28(29)23-35(38)48-44-46-25-33(45)41(50-44)47-34-10-4-5-12-39(34)60(2,3)57)30-16-19-51(20-17-30)18-6-7-22-59-37-11-8-9-31-32(37)27-53(43(31)56)36-13-14-40(54)49-42(36)55/h4-5,8-12,23-25,30,36H,6-7,13-22,26-27H2,1-3H3,(H,49,54,55)(H2,46,47,48,50). The molecule has 0 aliphatic carbocycles. The number of carbonyl (C=O) groups is 3. The van der Waals surface area contributed by atoms with Crippen LogP contribution in [0.15, 0.2) is 60.8 Å². The van der Waals surface area contributed by atoms with Crippen LogP contribution >= 0.6 is 18.7 Å². The number of ether oxygens (including phenoxy) is 2. The lowest BCUT2D eigenvalue weighted by Gasteiger charge is -2.41. The van der Waals surface area contributed by atoms with E-state index >= 15 is 0 Å². The minimum atomic E-state index is -2.55. The topological polar surface area (TPSA) is 158 Å². The van der Waals surface area contributed by atoms with Crippen molar-refractivity contribution < 1.29 is 28.4 Å². The van der Waals surface area contributed by atoms with Crippen LogP contribution < -0.4 is 30.7 Å². The van der Waals surface area contributed by atoms with Gasteiger partial charge < -0.3 is 34.5 Å². The Morgan fingerprint density at radius 3 is 2.50 bits per heavy atom. The van der Waals surface area contributed by atoms with E-state index in [-0.39, 0.29) is 18.2 Å². The van der Waals surface area contributed by atoms with Crippen molar-refractivity contribution in [3.8, 4) is 11.5 Å². The number of unbranched alkanes of at least 4 members (excludes halogenated alkanes) is 1. The average Bonchev–Trinajstić information content (AvgIpc) is 3.57. The molecule has 3 aromatic carbocycles. The molecule has 2 fully saturated rings. The van der Waals surface area contributed by atoms with Crippen LogP contribution in [-0.4, -0.2) is 108 Å². The number of hydrogen-bond acceptors (Lipinski definition) is 12. The summed E-state index contributed by atoms with van der Waals surface area (Å²) in [5.74, 6) is 1.28. The molecule has 4 aliphatic rings. The molecule has 4 aliphatic heterocycles. The summed E-state index contributed by atoms with van der Waals surface area (Å²) >= 11 is 6.51. The molecule has 1 atom stereocenters. The Balaban J connectivity index is 0.801. The molecule has 1 aromatic heterocycles. The predicted octanol–water partition coefficient (Wildman–Crippen LogP) is 6.32. The molecule has 316 valence electrons. The van der Waals surface area contributed by atoms with Crippen molar-refractivity contribution in [1.29, 1.82) is 0 Å². The van der Waals surface area contributed by atoms with Crippen LogP contribution in [0, 0.1) is 0 Å². The monoisotopic (exact) mass is 854 g/mol. The van der Waals surface area contributed by atoms with E-state index in [2.05, 4.69) is 47.9 Å². The number of imide groups is 1. The number of carbonyl (C=O) groups excluding carboxylic acids is 3. The number of halogens is 1. The van der Waals surface area contributed by atoms with Crippen LogP contribution in [0.5, 0.6) is 11.5 Å². The van der Waals surface area contributed by atoms with Crippen molar-refractivity contribution in [2.45, 2.75) is 70.1 Å². The molecule has 1 unspecified atom stereocenters. The van der Waals surface area contributed by atoms with Gasteiger partial charge in [0.15, 0.2) is 5.82 Å². The van der Waals surface area contributed by atoms with Gasteiger partial charge >= 0.3 is 0 Å². The molecule has 0 spiro atoms. The van der Waals surface area contributed by atoms with Crippen LogP contribution in [0.3, 0.4) is 0 Å². The molecule has 60 heavy (non-hydrogen) atoms. The molecular formula is C44H52ClN8O6P. The Hall–Kier alpha value is -5.01. The van der Waals surface area contributed by atoms with Crippen LogP contribution in [0.1, 0.15) is 65.6 Å². The van der Waals surface area contributed by atoms with Crippen molar-refractivity contribution in [2.24, 2.45) is 0 Å². The van der Waals surface area contributed by atoms with Crippen molar-refractivity contribution in [3.05, 3.63) is 88.1 Å². The molecule has 14 nitrogen and oxygen atoms in total. The zero-order valence-corrected chi connectivity index (χ0v) is 36.0. The van der Waals surface area contributed by atoms with E-state index in [0.29, 0.717) is 65.2 Å². The predicted molar refractivity (Wildman–Crippen MR) is 233 cm³/mol. The SMILES string of the molecule is COc1cc2c(cc1Nc1ncc(Cl)c(Nc3ccccc3P(C)(C)=O)n1)CCN(C1CCN(CCCCOc3cccc4c3CN(C3CCC(=O)NC3=O)C4=O)CC1)C2. The highest BCUT2D eigenvalue weighted by Gasteiger charge is 2.40. The molecule has 0 saturated carbocycles. The van der Waals surface area contributed by atoms with Crippen LogP contribution in [0.4, 0.5) is 23.1 Å². The van der Waals surface area contributed by atoms with Gasteiger partial charge in [0.25, 0.3) is 5.91 Å². The van der Waals surface area contributed by atoms with Gasteiger partial charge in [0.2, 0.25) is 17.8 Å². The smallest absolute Gasteiger partial charge is 0.255 e. The van der Waals surface area contributed by atoms with Crippen LogP contribution in [0.2, 0.25) is 5.02 Å². The number of piperidine rings is 2. The average molecular weight is 855 g/mol. The van der Waals surface area contributed by atoms with Gasteiger partial charge in [0.1, 0.15) is 29.7 Å². The second-order valence-corrected chi connectivity index (χ2v) is 20.0. The summed E-state index contributed by atoms with van der Waals surface area (Å²) < 4.78 is 25.0. The number of nitrogens with one attached hydrogen (secondary N) is 3. The van der Waals surface area contributed by atoms with E-state index in [9.17, 15) is 18.9 Å². The fourth-order valence-corrected chi connectivity index (χ4v) is 10.1. The number of para-hydroxylation sites is 1. The lowest BCUT2D eigenvalue weighted by Crippen LogP contribution is -2.52. The maximum atomic E-state index is 13.2. The fraction of sp³-hybridized carbons (Fsp3) is 0.432. The largest absolute Gasteiger partial charge is 0.495 e. The van der Waals surface area contributed by atoms with Crippen LogP contribution in [0.25, 0.3) is 0 Å². The highest BCUT2D eigenvalue weighted by atomic mass is 35.5. The summed E-state index contributed by atoms with van der Waals surface area (Å²) in [6.45, 7) is 9.34. The second kappa shape index (κ2) is 17.9. The van der Waals surface area contributed by atoms with Gasteiger partial charge in [-0.3, -0.25) is 24.6 Å². The molecule has 2 saturated heterocycles. The summed E-state index contributed by atoms with van der Waals surface area (Å²) in [6, 6.07) is 17.1. The van der Waals surface area contributed by atoms with E-state index < -0.39 is 19.1 Å². The van der Waals surface area contributed by atoms with Gasteiger partial charge in [0, 0.05) is 42.0 Å². The minimum absolute atomic E-state index is 0.191. The van der Waals surface area contributed by atoms with Gasteiger partial charge in [-0.2, -0.15) is 4.98 Å². The molecule has 0 radical (unpaired) electrons. The summed E-state index contributed by atoms with van der Waals surface area (Å²) in [4.78, 5) is 53.1. The molecule has 5 heterocycles. The first-order valence-corrected chi connectivity index (χ1v) is 23.7. The highest BCUT2D eigenvalue weighted by Crippen LogP contribution is 2.40. The molecule has 16 heteroatoms. The number of aromatic nitrogens is 2. The molecule has 4 aromatic rings. The number of likely N-dealkylation sites (tertiary alicyclic amines) is 1. The van der Waals surface area contributed by atoms with Crippen molar-refractivity contribution in [2.75, 3.05) is 63.9 Å². The maximum absolute atomic E-state index is 13.2. The number of benzene rings is 3. The van der Waals surface area contributed by atoms with E-state index in [1.54, 1.807) is 37.6 Å². The first-order valence-electron chi connectivity index (χ1n) is 20.7. The van der Waals surface area contributed by atoms with E-state index in [1.807, 2.05) is 36.4 Å². The zero-order chi connectivity index (χ0) is 42.0. The molecule has 8 rings (SSSR count). The third-order valence-electron chi connectivity index (χ3n) is 12.0. The number of amides is 3. The van der Waals surface area contributed by atoms with Crippen molar-refractivity contribution >= 4 is 64.9 Å². The van der Waals surface area contributed by atoms with E-state index in [0.717, 1.165) is 81.4 Å². The number of anilines is 4. The normalized spacial score (nSPS) is 18.8. The molecule has 3 N–H and O–H groups in total. The highest BCUT2D eigenvalue weighted by molar-refractivity contribution is 7.70. The Morgan fingerprint density at radius 1 is 0.900 bits per heavy atom. The minimum Gasteiger partial charge on any atom is -0.495 e. The van der Waals surface area contributed by atoms with Gasteiger partial charge in [-0.1, -0.05) is 29.8 Å². The zero-order valence-electron chi connectivity index (χ0n) is 34.3. The van der Waals surface area contributed by atoms with Gasteiger partial charge in [-0.15, -0.1) is 0 Å². The lowest BCUT2D eigenvalue weighted by molar-refractivity contribution is -0.136. The number of nitrogens with zero attached hydrogens (tertiary/aromatic N) is 5. The Bertz CT molecular complexity index is 2330. The van der Waals surface area contributed by atoms with E-state index in [1.165, 1.54) is 11.1 Å². The summed E-state index contributed by atoms with van der Waals surface area (Å²) in [5.41, 5.74) is 5.39. The van der Waals surface area contributed by atoms with Gasteiger partial charge in [-0.05, 0) is 119 Å². The Kier molecular flexibility index (Phi) is 12.5. The molecule has 3 amide bonds. The first kappa shape index (κ1) is 41.7. The third kappa shape index (κ3) is 9.17. The lowest BCUT2D eigenvalue weighted by atomic mass is 9.94. The third-order valence-corrected chi connectivity index (χ3v) is 13.9. The number of fused-ring (bicyclic) bond motifs is 2. The second-order valence-electron chi connectivity index (χ2n) is 16.4. The number of hydrogen-bond donors (Lipinski definition) is 3. The fourth-order valence-electron chi connectivity index (χ4n) is 8.82. The van der Waals surface area contributed by atoms with Crippen molar-refractivity contribution in [1.82, 2.24) is 30.0 Å². The van der Waals surface area contributed by atoms with Crippen molar-refractivity contribution in [3.63, 3.8) is 0 Å².